The van der Waals surface area contributed by atoms with E-state index in [9.17, 15) is 19.8 Å². The fraction of sp³-hybridized carbons (Fsp3) is 0.444. The number of Topliss-reactive ketones (excluding diaryl/α,β-unsaturated/α-hetero) is 1. The van der Waals surface area contributed by atoms with Gasteiger partial charge >= 0.3 is 0 Å². The molecular formula is C36H40N2O4. The van der Waals surface area contributed by atoms with Crippen molar-refractivity contribution in [1.82, 2.24) is 10.2 Å². The van der Waals surface area contributed by atoms with Gasteiger partial charge in [-0.2, -0.15) is 0 Å². The molecule has 4 aliphatic rings. The van der Waals surface area contributed by atoms with Gasteiger partial charge in [0, 0.05) is 49.5 Å². The van der Waals surface area contributed by atoms with Gasteiger partial charge < -0.3 is 15.5 Å². The maximum absolute atomic E-state index is 13.4. The van der Waals surface area contributed by atoms with Gasteiger partial charge in [-0.15, -0.1) is 0 Å². The molecule has 3 fully saturated rings. The highest BCUT2D eigenvalue weighted by Gasteiger charge is 2.68. The summed E-state index contributed by atoms with van der Waals surface area (Å²) in [5, 5.41) is 27.3. The molecule has 0 unspecified atom stereocenters. The molecule has 6 nitrogen and oxygen atoms in total. The van der Waals surface area contributed by atoms with E-state index in [1.165, 1.54) is 18.4 Å². The number of hydrogen-bond acceptors (Lipinski definition) is 5. The number of aliphatic hydroxyl groups is 1. The van der Waals surface area contributed by atoms with Crippen LogP contribution in [0, 0.1) is 11.8 Å². The zero-order valence-corrected chi connectivity index (χ0v) is 24.3. The summed E-state index contributed by atoms with van der Waals surface area (Å²) in [4.78, 5) is 28.9. The topological polar surface area (TPSA) is 89.9 Å². The number of hydrogen-bond donors (Lipinski definition) is 3. The summed E-state index contributed by atoms with van der Waals surface area (Å²) in [6.45, 7) is 4.32. The molecule has 1 heterocycles. The molecular weight excluding hydrogens is 524 g/mol. The first-order chi connectivity index (χ1) is 20.3. The SMILES string of the molecule is C[C@H]1CN(CC2CC2)[C@@H]2Cc3ccc(C(=O)NCCc4ccc(-c5ccccc5)cc4)c(O)c3[C@]13CC(=O)CC[C@@]23O. The summed E-state index contributed by atoms with van der Waals surface area (Å²) in [6, 6.07) is 22.2. The summed E-state index contributed by atoms with van der Waals surface area (Å²) < 4.78 is 0. The van der Waals surface area contributed by atoms with Crippen LogP contribution in [0.1, 0.15) is 66.1 Å². The third-order valence-electron chi connectivity index (χ3n) is 10.7. The first kappa shape index (κ1) is 27.4. The first-order valence-corrected chi connectivity index (χ1v) is 15.6. The molecule has 2 bridgehead atoms. The highest BCUT2D eigenvalue weighted by atomic mass is 16.3. The van der Waals surface area contributed by atoms with Crippen molar-refractivity contribution < 1.29 is 19.8 Å². The van der Waals surface area contributed by atoms with E-state index in [-0.39, 0.29) is 41.4 Å². The van der Waals surface area contributed by atoms with Crippen LogP contribution in [0.4, 0.5) is 0 Å². The number of phenolic OH excluding ortho intramolecular Hbond substituents is 1. The number of nitrogens with zero attached hydrogens (tertiary/aromatic N) is 1. The highest BCUT2D eigenvalue weighted by molar-refractivity contribution is 5.98. The quantitative estimate of drug-likeness (QED) is 0.374. The summed E-state index contributed by atoms with van der Waals surface area (Å²) in [6.07, 6.45) is 4.75. The summed E-state index contributed by atoms with van der Waals surface area (Å²) in [5.74, 6) is 0.386. The number of rotatable bonds is 7. The third kappa shape index (κ3) is 4.38. The molecule has 4 atom stereocenters. The van der Waals surface area contributed by atoms with E-state index in [0.717, 1.165) is 29.8 Å². The molecule has 0 aromatic heterocycles. The van der Waals surface area contributed by atoms with E-state index in [0.29, 0.717) is 43.7 Å². The Morgan fingerprint density at radius 3 is 2.50 bits per heavy atom. The Kier molecular flexibility index (Phi) is 6.74. The Balaban J connectivity index is 1.13. The fourth-order valence-electron chi connectivity index (χ4n) is 8.39. The van der Waals surface area contributed by atoms with Gasteiger partial charge in [0.25, 0.3) is 5.91 Å². The minimum Gasteiger partial charge on any atom is -0.507 e. The molecule has 1 saturated heterocycles. The number of nitrogens with one attached hydrogen (secondary N) is 1. The number of likely N-dealkylation sites (tertiary alicyclic amines) is 1. The number of carbonyl (C=O) groups excluding carboxylic acids is 2. The van der Waals surface area contributed by atoms with Crippen LogP contribution in [0.2, 0.25) is 0 Å². The van der Waals surface area contributed by atoms with E-state index < -0.39 is 11.0 Å². The van der Waals surface area contributed by atoms with Gasteiger partial charge in [0.15, 0.2) is 0 Å². The van der Waals surface area contributed by atoms with Crippen molar-refractivity contribution in [3.8, 4) is 16.9 Å². The molecule has 3 aromatic rings. The molecule has 0 radical (unpaired) electrons. The van der Waals surface area contributed by atoms with E-state index >= 15 is 0 Å². The van der Waals surface area contributed by atoms with Gasteiger partial charge in [-0.3, -0.25) is 14.5 Å². The first-order valence-electron chi connectivity index (χ1n) is 15.6. The van der Waals surface area contributed by atoms with Crippen LogP contribution in [0.5, 0.6) is 5.75 Å². The maximum atomic E-state index is 13.4. The molecule has 3 N–H and O–H groups in total. The Hall–Kier alpha value is -3.48. The lowest BCUT2D eigenvalue weighted by Gasteiger charge is -2.66. The summed E-state index contributed by atoms with van der Waals surface area (Å²) in [7, 11) is 0. The number of fused-ring (bicyclic) bond motifs is 1. The van der Waals surface area contributed by atoms with Crippen molar-refractivity contribution in [1.29, 1.82) is 0 Å². The fourth-order valence-corrected chi connectivity index (χ4v) is 8.39. The molecule has 3 aliphatic carbocycles. The van der Waals surface area contributed by atoms with Gasteiger partial charge in [-0.25, -0.2) is 0 Å². The van der Waals surface area contributed by atoms with Gasteiger partial charge in [0.2, 0.25) is 0 Å². The number of phenols is 1. The number of benzene rings is 3. The third-order valence-corrected chi connectivity index (χ3v) is 10.7. The number of carbonyl (C=O) groups is 2. The second-order valence-corrected chi connectivity index (χ2v) is 13.2. The van der Waals surface area contributed by atoms with E-state index in [4.69, 9.17) is 0 Å². The molecule has 1 amide bonds. The predicted molar refractivity (Wildman–Crippen MR) is 162 cm³/mol. The number of ketones is 1. The lowest BCUT2D eigenvalue weighted by Crippen LogP contribution is -2.76. The molecule has 0 spiro atoms. The second-order valence-electron chi connectivity index (χ2n) is 13.2. The van der Waals surface area contributed by atoms with Crippen LogP contribution in [0.3, 0.4) is 0 Å². The van der Waals surface area contributed by atoms with Gasteiger partial charge in [-0.1, -0.05) is 67.6 Å². The van der Waals surface area contributed by atoms with Gasteiger partial charge in [0.05, 0.1) is 11.2 Å². The minimum atomic E-state index is -1.11. The molecule has 3 aromatic carbocycles. The predicted octanol–water partition coefficient (Wildman–Crippen LogP) is 5.04. The normalized spacial score (nSPS) is 28.6. The molecule has 7 rings (SSSR count). The van der Waals surface area contributed by atoms with Crippen molar-refractivity contribution in [2.75, 3.05) is 19.6 Å². The molecule has 6 heteroatoms. The van der Waals surface area contributed by atoms with Crippen molar-refractivity contribution in [3.63, 3.8) is 0 Å². The largest absolute Gasteiger partial charge is 0.507 e. The van der Waals surface area contributed by atoms with Gasteiger partial charge in [-0.05, 0) is 72.3 Å². The van der Waals surface area contributed by atoms with E-state index in [1.54, 1.807) is 6.07 Å². The van der Waals surface area contributed by atoms with E-state index in [2.05, 4.69) is 53.5 Å². The Morgan fingerprint density at radius 1 is 1.02 bits per heavy atom. The van der Waals surface area contributed by atoms with Crippen LogP contribution in [-0.2, 0) is 23.1 Å². The second kappa shape index (κ2) is 10.4. The van der Waals surface area contributed by atoms with Crippen LogP contribution >= 0.6 is 0 Å². The summed E-state index contributed by atoms with van der Waals surface area (Å²) >= 11 is 0. The smallest absolute Gasteiger partial charge is 0.255 e. The number of aromatic hydroxyl groups is 1. The zero-order valence-electron chi connectivity index (χ0n) is 24.3. The van der Waals surface area contributed by atoms with Gasteiger partial charge in [0.1, 0.15) is 11.5 Å². The van der Waals surface area contributed by atoms with Crippen molar-refractivity contribution in [2.45, 2.75) is 68.9 Å². The Labute approximate surface area is 247 Å². The van der Waals surface area contributed by atoms with E-state index in [1.807, 2.05) is 24.3 Å². The highest BCUT2D eigenvalue weighted by Crippen LogP contribution is 2.62. The molecule has 218 valence electrons. The number of piperidine rings is 1. The van der Waals surface area contributed by atoms with Crippen LogP contribution < -0.4 is 5.32 Å². The molecule has 1 aliphatic heterocycles. The minimum absolute atomic E-state index is 0.0381. The van der Waals surface area contributed by atoms with Crippen LogP contribution in [-0.4, -0.2) is 58.1 Å². The molecule has 42 heavy (non-hydrogen) atoms. The van der Waals surface area contributed by atoms with Crippen molar-refractivity contribution >= 4 is 11.7 Å². The zero-order chi connectivity index (χ0) is 29.1. The average molecular weight is 565 g/mol. The van der Waals surface area contributed by atoms with Crippen LogP contribution in [0.25, 0.3) is 11.1 Å². The molecule has 2 saturated carbocycles. The lowest BCUT2D eigenvalue weighted by atomic mass is 9.46. The Morgan fingerprint density at radius 2 is 1.76 bits per heavy atom. The maximum Gasteiger partial charge on any atom is 0.255 e. The standard InChI is InChI=1S/C36H40N2O4/c1-23-21-38(22-25-7-8-25)31-19-28-13-14-30(33(40)32(28)35(23)20-29(39)15-17-36(31,35)42)34(41)37-18-16-24-9-11-27(12-10-24)26-5-3-2-4-6-26/h2-6,9-14,23,25,31,40,42H,7-8,15-22H2,1H3,(H,37,41)/t23-,31+,35-,36+/m0/s1. The van der Waals surface area contributed by atoms with Crippen LogP contribution in [0.15, 0.2) is 66.7 Å². The number of amides is 1. The van der Waals surface area contributed by atoms with Crippen molar-refractivity contribution in [3.05, 3.63) is 89.0 Å². The van der Waals surface area contributed by atoms with Crippen molar-refractivity contribution in [2.24, 2.45) is 11.8 Å². The lowest BCUT2D eigenvalue weighted by molar-refractivity contribution is -0.189. The summed E-state index contributed by atoms with van der Waals surface area (Å²) in [5.41, 5.74) is 3.25. The average Bonchev–Trinajstić information content (AvgIpc) is 3.81. The Bertz CT molecular complexity index is 1520. The monoisotopic (exact) mass is 564 g/mol.